The summed E-state index contributed by atoms with van der Waals surface area (Å²) in [6.07, 6.45) is 0. The third-order valence-corrected chi connectivity index (χ3v) is 4.59. The fourth-order valence-electron chi connectivity index (χ4n) is 1.35. The van der Waals surface area contributed by atoms with Gasteiger partial charge in [0.1, 0.15) is 0 Å². The average molecular weight is 262 g/mol. The summed E-state index contributed by atoms with van der Waals surface area (Å²) >= 11 is 0.437. The van der Waals surface area contributed by atoms with E-state index in [0.717, 1.165) is 11.0 Å². The molecule has 2 heteroatoms. The van der Waals surface area contributed by atoms with Gasteiger partial charge >= 0.3 is 96.3 Å². The molecule has 2 aromatic carbocycles. The molecule has 2 aromatic rings. The van der Waals surface area contributed by atoms with Gasteiger partial charge in [-0.15, -0.1) is 0 Å². The van der Waals surface area contributed by atoms with Crippen LogP contribution in [0.2, 0.25) is 0 Å². The quantitative estimate of drug-likeness (QED) is 0.662. The van der Waals surface area contributed by atoms with Gasteiger partial charge in [0.2, 0.25) is 0 Å². The molecule has 0 spiro atoms. The monoisotopic (exact) mass is 263 g/mol. The predicted molar refractivity (Wildman–Crippen MR) is 66.4 cm³/mol. The molecule has 2 rings (SSSR count). The van der Waals surface area contributed by atoms with E-state index in [2.05, 4.69) is 36.4 Å². The summed E-state index contributed by atoms with van der Waals surface area (Å²) in [5, 5.41) is 1.11. The van der Waals surface area contributed by atoms with E-state index in [1.807, 2.05) is 18.2 Å². The third-order valence-electron chi connectivity index (χ3n) is 2.16. The van der Waals surface area contributed by atoms with Crippen molar-refractivity contribution in [1.29, 1.82) is 0 Å². The van der Waals surface area contributed by atoms with Gasteiger partial charge in [-0.1, -0.05) is 0 Å². The van der Waals surface area contributed by atoms with Crippen LogP contribution in [0.4, 0.5) is 5.69 Å². The first-order chi connectivity index (χ1) is 7.36. The normalized spacial score (nSPS) is 10.1. The number of hydrogen-bond donors (Lipinski definition) is 1. The number of nitrogen functional groups attached to an aromatic ring is 1. The van der Waals surface area contributed by atoms with Crippen LogP contribution in [0.3, 0.4) is 0 Å². The van der Waals surface area contributed by atoms with Gasteiger partial charge in [0.05, 0.1) is 0 Å². The van der Waals surface area contributed by atoms with E-state index in [1.54, 1.807) is 0 Å². The molecule has 0 aliphatic carbocycles. The van der Waals surface area contributed by atoms with Crippen molar-refractivity contribution in [2.45, 2.75) is 5.32 Å². The number of hydrogen-bond acceptors (Lipinski definition) is 1. The summed E-state index contributed by atoms with van der Waals surface area (Å²) in [6, 6.07) is 18.7. The molecule has 0 radical (unpaired) electrons. The van der Waals surface area contributed by atoms with Crippen LogP contribution in [0.5, 0.6) is 0 Å². The Morgan fingerprint density at radius 3 is 2.27 bits per heavy atom. The van der Waals surface area contributed by atoms with Crippen LogP contribution in [0.15, 0.2) is 54.6 Å². The van der Waals surface area contributed by atoms with Gasteiger partial charge in [0.15, 0.2) is 0 Å². The molecule has 0 aromatic heterocycles. The Bertz CT molecular complexity index is 426. The maximum atomic E-state index is 5.90. The van der Waals surface area contributed by atoms with Crippen LogP contribution < -0.4 is 10.2 Å². The second-order valence-electron chi connectivity index (χ2n) is 3.31. The Balaban J connectivity index is 2.03. The molecular weight excluding hydrogens is 249 g/mol. The molecule has 0 fully saturated rings. The van der Waals surface area contributed by atoms with Crippen molar-refractivity contribution < 1.29 is 0 Å². The van der Waals surface area contributed by atoms with Crippen molar-refractivity contribution in [3.05, 3.63) is 60.2 Å². The summed E-state index contributed by atoms with van der Waals surface area (Å²) in [7, 11) is 0. The molecule has 0 bridgehead atoms. The van der Waals surface area contributed by atoms with Crippen molar-refractivity contribution in [2.75, 3.05) is 5.73 Å². The molecule has 0 saturated carbocycles. The van der Waals surface area contributed by atoms with Gasteiger partial charge in [0.25, 0.3) is 0 Å². The first-order valence-corrected chi connectivity index (χ1v) is 6.94. The Kier molecular flexibility index (Phi) is 3.44. The number of nitrogens with two attached hydrogens (primary N) is 1. The van der Waals surface area contributed by atoms with Crippen LogP contribution >= 0.6 is 0 Å². The molecule has 0 unspecified atom stereocenters. The summed E-state index contributed by atoms with van der Waals surface area (Å²) in [5.41, 5.74) is 8.21. The number of rotatable bonds is 3. The van der Waals surface area contributed by atoms with E-state index < -0.39 is 0 Å². The van der Waals surface area contributed by atoms with E-state index in [4.69, 9.17) is 5.73 Å². The topological polar surface area (TPSA) is 26.0 Å². The molecule has 0 aliphatic heterocycles. The zero-order valence-corrected chi connectivity index (χ0v) is 10.1. The average Bonchev–Trinajstić information content (AvgIpc) is 2.29. The fourth-order valence-corrected chi connectivity index (χ4v) is 3.29. The van der Waals surface area contributed by atoms with E-state index >= 15 is 0 Å². The molecule has 0 atom stereocenters. The Morgan fingerprint density at radius 1 is 0.867 bits per heavy atom. The Morgan fingerprint density at radius 2 is 1.53 bits per heavy atom. The molecule has 0 heterocycles. The fraction of sp³-hybridized carbons (Fsp3) is 0.0769. The van der Waals surface area contributed by atoms with Crippen molar-refractivity contribution in [3.8, 4) is 0 Å². The van der Waals surface area contributed by atoms with Gasteiger partial charge in [-0.2, -0.15) is 0 Å². The molecule has 0 amide bonds. The zero-order valence-electron chi connectivity index (χ0n) is 8.39. The molecule has 0 aliphatic rings. The summed E-state index contributed by atoms with van der Waals surface area (Å²) in [4.78, 5) is 0. The molecule has 15 heavy (non-hydrogen) atoms. The number of benzene rings is 2. The SMILES string of the molecule is Nc1ccccc1[Se]Cc1ccccc1. The van der Waals surface area contributed by atoms with E-state index in [1.165, 1.54) is 10.0 Å². The Hall–Kier alpha value is -1.24. The molecule has 76 valence electrons. The van der Waals surface area contributed by atoms with Crippen LogP contribution in [0.1, 0.15) is 5.56 Å². The summed E-state index contributed by atoms with van der Waals surface area (Å²) in [5.74, 6) is 0. The number of para-hydroxylation sites is 1. The minimum absolute atomic E-state index is 0.437. The Labute approximate surface area is 96.5 Å². The summed E-state index contributed by atoms with van der Waals surface area (Å²) < 4.78 is 1.30. The van der Waals surface area contributed by atoms with Crippen LogP contribution in [-0.2, 0) is 5.32 Å². The van der Waals surface area contributed by atoms with Crippen molar-refractivity contribution >= 4 is 25.1 Å². The van der Waals surface area contributed by atoms with Crippen LogP contribution in [0.25, 0.3) is 0 Å². The first kappa shape index (κ1) is 10.3. The second kappa shape index (κ2) is 5.01. The predicted octanol–water partition coefficient (Wildman–Crippen LogP) is 1.80. The van der Waals surface area contributed by atoms with E-state index in [-0.39, 0.29) is 0 Å². The van der Waals surface area contributed by atoms with E-state index in [9.17, 15) is 0 Å². The van der Waals surface area contributed by atoms with Crippen molar-refractivity contribution in [3.63, 3.8) is 0 Å². The van der Waals surface area contributed by atoms with Crippen LogP contribution in [-0.4, -0.2) is 15.0 Å². The van der Waals surface area contributed by atoms with Crippen molar-refractivity contribution in [2.24, 2.45) is 0 Å². The molecule has 2 N–H and O–H groups in total. The molecule has 1 nitrogen and oxygen atoms in total. The zero-order chi connectivity index (χ0) is 10.5. The number of anilines is 1. The van der Waals surface area contributed by atoms with Gasteiger partial charge in [-0.3, -0.25) is 0 Å². The van der Waals surface area contributed by atoms with E-state index in [0.29, 0.717) is 15.0 Å². The maximum absolute atomic E-state index is 5.90. The van der Waals surface area contributed by atoms with Gasteiger partial charge in [-0.25, -0.2) is 0 Å². The van der Waals surface area contributed by atoms with Gasteiger partial charge in [-0.05, 0) is 0 Å². The van der Waals surface area contributed by atoms with Crippen LogP contribution in [0, 0.1) is 0 Å². The second-order valence-corrected chi connectivity index (χ2v) is 5.45. The molecule has 0 saturated heterocycles. The van der Waals surface area contributed by atoms with Gasteiger partial charge < -0.3 is 0 Å². The van der Waals surface area contributed by atoms with Gasteiger partial charge in [0, 0.05) is 0 Å². The van der Waals surface area contributed by atoms with Crippen molar-refractivity contribution in [1.82, 2.24) is 0 Å². The summed E-state index contributed by atoms with van der Waals surface area (Å²) in [6.45, 7) is 0. The first-order valence-electron chi connectivity index (χ1n) is 4.87. The molecular formula is C13H13NSe. The minimum atomic E-state index is 0.437. The third kappa shape index (κ3) is 2.85. The standard InChI is InChI=1S/C13H13NSe/c14-12-8-4-5-9-13(12)15-10-11-6-2-1-3-7-11/h1-9H,10,14H2.